The molecule has 0 radical (unpaired) electrons. The van der Waals surface area contributed by atoms with Crippen molar-refractivity contribution in [2.45, 2.75) is 24.8 Å². The van der Waals surface area contributed by atoms with E-state index < -0.39 is 0 Å². The molecule has 0 aliphatic carbocycles. The van der Waals surface area contributed by atoms with Gasteiger partial charge in [-0.1, -0.05) is 6.92 Å². The third-order valence-electron chi connectivity index (χ3n) is 1.59. The van der Waals surface area contributed by atoms with Gasteiger partial charge in [-0.25, -0.2) is 9.97 Å². The lowest BCUT2D eigenvalue weighted by molar-refractivity contribution is 0.944. The fraction of sp³-hybridized carbons (Fsp3) is 0.556. The number of rotatable bonds is 5. The summed E-state index contributed by atoms with van der Waals surface area (Å²) in [6, 6.07) is 2.04. The summed E-state index contributed by atoms with van der Waals surface area (Å²) in [7, 11) is 0. The van der Waals surface area contributed by atoms with E-state index in [1.54, 1.807) is 18.1 Å². The molecule has 0 aromatic carbocycles. The zero-order chi connectivity index (χ0) is 9.52. The monoisotopic (exact) mass is 216 g/mol. The first-order chi connectivity index (χ1) is 6.36. The molecule has 0 atom stereocenters. The van der Waals surface area contributed by atoms with Crippen LogP contribution in [0.15, 0.2) is 17.4 Å². The molecule has 4 heteroatoms. The average molecular weight is 217 g/mol. The second-order valence-electron chi connectivity index (χ2n) is 2.59. The van der Waals surface area contributed by atoms with Gasteiger partial charge in [0.25, 0.3) is 0 Å². The number of hydrogen-bond acceptors (Lipinski definition) is 3. The summed E-state index contributed by atoms with van der Waals surface area (Å²) in [6.07, 6.45) is 3.62. The van der Waals surface area contributed by atoms with E-state index >= 15 is 0 Å². The zero-order valence-corrected chi connectivity index (χ0v) is 9.24. The van der Waals surface area contributed by atoms with E-state index in [0.717, 1.165) is 35.2 Å². The molecule has 2 nitrogen and oxygen atoms in total. The largest absolute Gasteiger partial charge is 0.241 e. The molecule has 0 aliphatic rings. The van der Waals surface area contributed by atoms with E-state index in [2.05, 4.69) is 16.9 Å². The van der Waals surface area contributed by atoms with Crippen molar-refractivity contribution in [3.8, 4) is 0 Å². The van der Waals surface area contributed by atoms with Gasteiger partial charge in [0.15, 0.2) is 0 Å². The first-order valence-corrected chi connectivity index (χ1v) is 5.88. The van der Waals surface area contributed by atoms with Gasteiger partial charge in [0.05, 0.1) is 5.03 Å². The van der Waals surface area contributed by atoms with Crippen LogP contribution >= 0.6 is 23.4 Å². The van der Waals surface area contributed by atoms with E-state index in [1.165, 1.54) is 0 Å². The van der Waals surface area contributed by atoms with Crippen molar-refractivity contribution in [3.63, 3.8) is 0 Å². The summed E-state index contributed by atoms with van der Waals surface area (Å²) < 4.78 is 0. The summed E-state index contributed by atoms with van der Waals surface area (Å²) in [5.41, 5.74) is 1.10. The van der Waals surface area contributed by atoms with Crippen molar-refractivity contribution < 1.29 is 0 Å². The molecule has 0 bridgehead atoms. The predicted molar refractivity (Wildman–Crippen MR) is 57.5 cm³/mol. The fourth-order valence-electron chi connectivity index (χ4n) is 0.881. The molecule has 0 spiro atoms. The Morgan fingerprint density at radius 3 is 3.00 bits per heavy atom. The Balaban J connectivity index is 2.46. The lowest BCUT2D eigenvalue weighted by atomic mass is 10.3. The Morgan fingerprint density at radius 2 is 2.31 bits per heavy atom. The van der Waals surface area contributed by atoms with E-state index in [1.807, 2.05) is 6.07 Å². The van der Waals surface area contributed by atoms with Gasteiger partial charge in [0.2, 0.25) is 0 Å². The summed E-state index contributed by atoms with van der Waals surface area (Å²) in [5.74, 6) is 1.75. The van der Waals surface area contributed by atoms with Crippen molar-refractivity contribution in [2.75, 3.05) is 11.6 Å². The number of nitrogens with zero attached hydrogens (tertiary/aromatic N) is 2. The van der Waals surface area contributed by atoms with Gasteiger partial charge in [-0.15, -0.1) is 23.4 Å². The van der Waals surface area contributed by atoms with Crippen LogP contribution in [0.3, 0.4) is 0 Å². The molecule has 0 saturated heterocycles. The molecule has 1 aromatic heterocycles. The van der Waals surface area contributed by atoms with E-state index in [4.69, 9.17) is 11.6 Å². The molecular formula is C9H13ClN2S. The maximum Gasteiger partial charge on any atom is 0.116 e. The SMILES string of the molecule is CCc1cc(SCCCCl)ncn1. The Labute approximate surface area is 88.1 Å². The Bertz CT molecular complexity index is 255. The number of thioether (sulfide) groups is 1. The van der Waals surface area contributed by atoms with Crippen LogP contribution in [0.4, 0.5) is 0 Å². The zero-order valence-electron chi connectivity index (χ0n) is 7.66. The van der Waals surface area contributed by atoms with Crippen molar-refractivity contribution in [1.82, 2.24) is 9.97 Å². The Kier molecular flexibility index (Phi) is 5.16. The molecule has 0 saturated carbocycles. The molecule has 1 rings (SSSR count). The van der Waals surface area contributed by atoms with E-state index in [-0.39, 0.29) is 0 Å². The highest BCUT2D eigenvalue weighted by atomic mass is 35.5. The van der Waals surface area contributed by atoms with Crippen LogP contribution in [-0.2, 0) is 6.42 Å². The molecule has 13 heavy (non-hydrogen) atoms. The molecule has 0 unspecified atom stereocenters. The highest BCUT2D eigenvalue weighted by Crippen LogP contribution is 2.16. The molecule has 0 aliphatic heterocycles. The molecule has 72 valence electrons. The number of alkyl halides is 1. The third-order valence-corrected chi connectivity index (χ3v) is 2.87. The van der Waals surface area contributed by atoms with Crippen LogP contribution < -0.4 is 0 Å². The first kappa shape index (κ1) is 10.8. The average Bonchev–Trinajstić information content (AvgIpc) is 2.19. The smallest absolute Gasteiger partial charge is 0.116 e. The maximum atomic E-state index is 5.58. The topological polar surface area (TPSA) is 25.8 Å². The van der Waals surface area contributed by atoms with Crippen molar-refractivity contribution in [1.29, 1.82) is 0 Å². The van der Waals surface area contributed by atoms with Crippen LogP contribution in [0.1, 0.15) is 19.0 Å². The highest BCUT2D eigenvalue weighted by molar-refractivity contribution is 7.99. The van der Waals surface area contributed by atoms with Gasteiger partial charge < -0.3 is 0 Å². The molecule has 0 fully saturated rings. The van der Waals surface area contributed by atoms with Gasteiger partial charge in [0, 0.05) is 17.3 Å². The standard InChI is InChI=1S/C9H13ClN2S/c1-2-8-6-9(12-7-11-8)13-5-3-4-10/h6-7H,2-5H2,1H3. The van der Waals surface area contributed by atoms with Gasteiger partial charge in [-0.3, -0.25) is 0 Å². The minimum atomic E-state index is 0.721. The van der Waals surface area contributed by atoms with Crippen LogP contribution in [0, 0.1) is 0 Å². The second-order valence-corrected chi connectivity index (χ2v) is 4.09. The maximum absolute atomic E-state index is 5.58. The Hall–Kier alpha value is -0.280. The minimum Gasteiger partial charge on any atom is -0.241 e. The van der Waals surface area contributed by atoms with Crippen molar-refractivity contribution >= 4 is 23.4 Å². The van der Waals surface area contributed by atoms with E-state index in [0.29, 0.717) is 0 Å². The van der Waals surface area contributed by atoms with Crippen molar-refractivity contribution in [2.24, 2.45) is 0 Å². The molecule has 0 N–H and O–H groups in total. The second kappa shape index (κ2) is 6.22. The first-order valence-electron chi connectivity index (χ1n) is 4.36. The quantitative estimate of drug-likeness (QED) is 0.328. The lowest BCUT2D eigenvalue weighted by Crippen LogP contribution is -1.90. The van der Waals surface area contributed by atoms with Crippen LogP contribution in [0.25, 0.3) is 0 Å². The molecule has 0 amide bonds. The highest BCUT2D eigenvalue weighted by Gasteiger charge is 1.97. The summed E-state index contributed by atoms with van der Waals surface area (Å²) in [6.45, 7) is 2.09. The molecular weight excluding hydrogens is 204 g/mol. The lowest BCUT2D eigenvalue weighted by Gasteiger charge is -2.00. The molecule has 1 aromatic rings. The summed E-state index contributed by atoms with van der Waals surface area (Å²) in [4.78, 5) is 8.30. The van der Waals surface area contributed by atoms with Crippen LogP contribution in [0.2, 0.25) is 0 Å². The number of halogens is 1. The summed E-state index contributed by atoms with van der Waals surface area (Å²) in [5, 5.41) is 1.05. The normalized spacial score (nSPS) is 10.3. The number of aryl methyl sites for hydroxylation is 1. The van der Waals surface area contributed by atoms with Gasteiger partial charge in [-0.05, 0) is 18.9 Å². The molecule has 1 heterocycles. The van der Waals surface area contributed by atoms with Gasteiger partial charge in [-0.2, -0.15) is 0 Å². The van der Waals surface area contributed by atoms with Gasteiger partial charge >= 0.3 is 0 Å². The van der Waals surface area contributed by atoms with Gasteiger partial charge in [0.1, 0.15) is 6.33 Å². The minimum absolute atomic E-state index is 0.721. The number of aromatic nitrogens is 2. The Morgan fingerprint density at radius 1 is 1.46 bits per heavy atom. The van der Waals surface area contributed by atoms with E-state index in [9.17, 15) is 0 Å². The van der Waals surface area contributed by atoms with Crippen molar-refractivity contribution in [3.05, 3.63) is 18.1 Å². The fourth-order valence-corrected chi connectivity index (χ4v) is 2.01. The third kappa shape index (κ3) is 3.96. The van der Waals surface area contributed by atoms with Crippen LogP contribution in [-0.4, -0.2) is 21.6 Å². The summed E-state index contributed by atoms with van der Waals surface area (Å²) >= 11 is 7.32. The number of hydrogen-bond donors (Lipinski definition) is 0. The van der Waals surface area contributed by atoms with Crippen LogP contribution in [0.5, 0.6) is 0 Å². The predicted octanol–water partition coefficient (Wildman–Crippen LogP) is 2.76.